The summed E-state index contributed by atoms with van der Waals surface area (Å²) in [5, 5.41) is 0.402. The van der Waals surface area contributed by atoms with Crippen LogP contribution in [-0.2, 0) is 19.2 Å². The Morgan fingerprint density at radius 3 is 2.35 bits per heavy atom. The van der Waals surface area contributed by atoms with Crippen LogP contribution in [0.1, 0.15) is 22.3 Å². The maximum Gasteiger partial charge on any atom is 0.418 e. The van der Waals surface area contributed by atoms with Crippen LogP contribution in [0.4, 0.5) is 17.6 Å². The molecule has 0 aliphatic rings. The summed E-state index contributed by atoms with van der Waals surface area (Å²) in [7, 11) is 0. The van der Waals surface area contributed by atoms with Crippen molar-refractivity contribution in [3.8, 4) is 16.9 Å². The van der Waals surface area contributed by atoms with Crippen molar-refractivity contribution in [1.29, 1.82) is 0 Å². The Balaban J connectivity index is 1.60. The van der Waals surface area contributed by atoms with E-state index in [1.165, 1.54) is 18.3 Å². The largest absolute Gasteiger partial charge is 0.489 e. The van der Waals surface area contributed by atoms with Gasteiger partial charge >= 0.3 is 6.18 Å². The molecule has 0 spiro atoms. The van der Waals surface area contributed by atoms with Crippen LogP contribution in [0.15, 0.2) is 102 Å². The lowest BCUT2D eigenvalue weighted by atomic mass is 9.92. The highest BCUT2D eigenvalue weighted by Crippen LogP contribution is 2.39. The number of benzene rings is 4. The van der Waals surface area contributed by atoms with Gasteiger partial charge in [0.1, 0.15) is 18.2 Å². The lowest BCUT2D eigenvalue weighted by Gasteiger charge is -2.17. The molecule has 0 saturated heterocycles. The molecule has 0 amide bonds. The number of nitrogens with zero attached hydrogens (tertiary/aromatic N) is 1. The predicted molar refractivity (Wildman–Crippen MR) is 140 cm³/mol. The van der Waals surface area contributed by atoms with Crippen molar-refractivity contribution in [3.63, 3.8) is 0 Å². The summed E-state index contributed by atoms with van der Waals surface area (Å²) in [6.07, 6.45) is -2.53. The fourth-order valence-corrected chi connectivity index (χ4v) is 4.66. The average Bonchev–Trinajstić information content (AvgIpc) is 2.88. The molecule has 7 heteroatoms. The number of para-hydroxylation sites is 1. The van der Waals surface area contributed by atoms with E-state index in [0.29, 0.717) is 38.7 Å². The number of aromatic nitrogens is 1. The second-order valence-electron chi connectivity index (χ2n) is 8.57. The molecule has 0 N–H and O–H groups in total. The lowest BCUT2D eigenvalue weighted by Crippen LogP contribution is -2.07. The molecule has 5 aromatic rings. The first-order chi connectivity index (χ1) is 17.8. The van der Waals surface area contributed by atoms with Crippen molar-refractivity contribution < 1.29 is 22.3 Å². The topological polar surface area (TPSA) is 22.1 Å². The van der Waals surface area contributed by atoms with Gasteiger partial charge in [-0.3, -0.25) is 4.98 Å². The third-order valence-corrected chi connectivity index (χ3v) is 6.54. The predicted octanol–water partition coefficient (Wildman–Crippen LogP) is 8.99. The van der Waals surface area contributed by atoms with Crippen molar-refractivity contribution in [2.45, 2.75) is 19.2 Å². The number of alkyl halides is 3. The molecule has 0 aliphatic carbocycles. The number of ether oxygens (including phenoxy) is 1. The summed E-state index contributed by atoms with van der Waals surface area (Å²) in [5.41, 5.74) is 2.64. The Morgan fingerprint density at radius 1 is 0.811 bits per heavy atom. The van der Waals surface area contributed by atoms with Crippen molar-refractivity contribution in [2.24, 2.45) is 0 Å². The SMILES string of the molecule is Fc1cc(Br)ccc1COc1cccc(-c2c(Cc3ccccc3)cnc3c(C(F)(F)F)cccc23)c1. The number of fused-ring (bicyclic) bond motifs is 1. The van der Waals surface area contributed by atoms with Crippen molar-refractivity contribution >= 4 is 26.8 Å². The molecule has 0 atom stereocenters. The van der Waals surface area contributed by atoms with Crippen LogP contribution >= 0.6 is 15.9 Å². The van der Waals surface area contributed by atoms with Gasteiger partial charge in [0.25, 0.3) is 0 Å². The Kier molecular flexibility index (Phi) is 6.98. The third-order valence-electron chi connectivity index (χ3n) is 6.05. The van der Waals surface area contributed by atoms with Gasteiger partial charge in [-0.15, -0.1) is 0 Å². The van der Waals surface area contributed by atoms with E-state index in [1.807, 2.05) is 36.4 Å². The molecule has 0 aliphatic heterocycles. The lowest BCUT2D eigenvalue weighted by molar-refractivity contribution is -0.136. The maximum atomic E-state index is 14.3. The Morgan fingerprint density at radius 2 is 1.59 bits per heavy atom. The van der Waals surface area contributed by atoms with Crippen LogP contribution in [0.2, 0.25) is 0 Å². The second-order valence-corrected chi connectivity index (χ2v) is 9.49. The van der Waals surface area contributed by atoms with Gasteiger partial charge in [0.2, 0.25) is 0 Å². The molecule has 186 valence electrons. The fourth-order valence-electron chi connectivity index (χ4n) is 4.32. The number of pyridine rings is 1. The van der Waals surface area contributed by atoms with Crippen molar-refractivity contribution in [1.82, 2.24) is 4.98 Å². The van der Waals surface area contributed by atoms with Gasteiger partial charge in [0.15, 0.2) is 0 Å². The molecular formula is C30H20BrF4NO. The molecule has 2 nitrogen and oxygen atoms in total. The minimum atomic E-state index is -4.54. The van der Waals surface area contributed by atoms with Crippen LogP contribution in [-0.4, -0.2) is 4.98 Å². The van der Waals surface area contributed by atoms with E-state index in [1.54, 1.807) is 36.4 Å². The molecule has 0 radical (unpaired) electrons. The monoisotopic (exact) mass is 565 g/mol. The number of halogens is 5. The molecule has 37 heavy (non-hydrogen) atoms. The highest BCUT2D eigenvalue weighted by Gasteiger charge is 2.33. The van der Waals surface area contributed by atoms with E-state index < -0.39 is 17.6 Å². The van der Waals surface area contributed by atoms with E-state index in [-0.39, 0.29) is 12.1 Å². The zero-order valence-corrected chi connectivity index (χ0v) is 21.0. The molecule has 0 saturated carbocycles. The van der Waals surface area contributed by atoms with Crippen molar-refractivity contribution in [3.05, 3.63) is 130 Å². The van der Waals surface area contributed by atoms with Gasteiger partial charge < -0.3 is 4.74 Å². The van der Waals surface area contributed by atoms with Crippen LogP contribution in [0.3, 0.4) is 0 Å². The summed E-state index contributed by atoms with van der Waals surface area (Å²) in [6.45, 7) is 0.00868. The molecule has 0 bridgehead atoms. The van der Waals surface area contributed by atoms with E-state index in [2.05, 4.69) is 20.9 Å². The second kappa shape index (κ2) is 10.3. The quantitative estimate of drug-likeness (QED) is 0.192. The first-order valence-electron chi connectivity index (χ1n) is 11.5. The Labute approximate surface area is 219 Å². The van der Waals surface area contributed by atoms with E-state index in [4.69, 9.17) is 4.74 Å². The van der Waals surface area contributed by atoms with Gasteiger partial charge in [-0.1, -0.05) is 76.6 Å². The van der Waals surface area contributed by atoms with Gasteiger partial charge in [-0.05, 0) is 59.0 Å². The molecule has 4 aromatic carbocycles. The van der Waals surface area contributed by atoms with Crippen molar-refractivity contribution in [2.75, 3.05) is 0 Å². The molecule has 0 unspecified atom stereocenters. The molecular weight excluding hydrogens is 546 g/mol. The minimum Gasteiger partial charge on any atom is -0.489 e. The van der Waals surface area contributed by atoms with Gasteiger partial charge in [0, 0.05) is 21.6 Å². The van der Waals surface area contributed by atoms with Crippen LogP contribution in [0, 0.1) is 5.82 Å². The van der Waals surface area contributed by atoms with Gasteiger partial charge in [0.05, 0.1) is 11.1 Å². The standard InChI is InChI=1S/C30H20BrF4NO/c31-23-13-12-21(27(32)16-23)18-37-24-9-4-8-20(15-24)28-22(14-19-6-2-1-3-7-19)17-36-29-25(28)10-5-11-26(29)30(33,34)35/h1-13,15-17H,14,18H2. The number of hydrogen-bond donors (Lipinski definition) is 0. The number of rotatable bonds is 6. The molecule has 5 rings (SSSR count). The van der Waals surface area contributed by atoms with Crippen LogP contribution in [0.25, 0.3) is 22.0 Å². The summed E-state index contributed by atoms with van der Waals surface area (Å²) < 4.78 is 62.1. The van der Waals surface area contributed by atoms with E-state index in [0.717, 1.165) is 17.2 Å². The van der Waals surface area contributed by atoms with Crippen LogP contribution < -0.4 is 4.74 Å². The smallest absolute Gasteiger partial charge is 0.418 e. The molecule has 1 heterocycles. The Bertz CT molecular complexity index is 1570. The Hall–Kier alpha value is -3.71. The first kappa shape index (κ1) is 25.0. The van der Waals surface area contributed by atoms with Gasteiger partial charge in [-0.25, -0.2) is 4.39 Å². The zero-order chi connectivity index (χ0) is 26.0. The summed E-state index contributed by atoms with van der Waals surface area (Å²) in [6, 6.07) is 25.6. The maximum absolute atomic E-state index is 14.3. The summed E-state index contributed by atoms with van der Waals surface area (Å²) in [4.78, 5) is 4.25. The van der Waals surface area contributed by atoms with E-state index >= 15 is 0 Å². The first-order valence-corrected chi connectivity index (χ1v) is 12.3. The van der Waals surface area contributed by atoms with E-state index in [9.17, 15) is 17.6 Å². The minimum absolute atomic E-state index is 0.00868. The highest BCUT2D eigenvalue weighted by atomic mass is 79.9. The third kappa shape index (κ3) is 5.52. The molecule has 1 aromatic heterocycles. The average molecular weight is 566 g/mol. The van der Waals surface area contributed by atoms with Crippen LogP contribution in [0.5, 0.6) is 5.75 Å². The fraction of sp³-hybridized carbons (Fsp3) is 0.100. The van der Waals surface area contributed by atoms with Gasteiger partial charge in [-0.2, -0.15) is 13.2 Å². The summed E-state index contributed by atoms with van der Waals surface area (Å²) in [5.74, 6) is 0.0814. The summed E-state index contributed by atoms with van der Waals surface area (Å²) >= 11 is 3.24. The number of hydrogen-bond acceptors (Lipinski definition) is 2. The normalized spacial score (nSPS) is 11.6. The zero-order valence-electron chi connectivity index (χ0n) is 19.4. The molecule has 0 fully saturated rings. The highest BCUT2D eigenvalue weighted by molar-refractivity contribution is 9.10.